The van der Waals surface area contributed by atoms with Crippen molar-refractivity contribution in [3.05, 3.63) is 63.4 Å². The summed E-state index contributed by atoms with van der Waals surface area (Å²) in [5, 5.41) is 14.1. The van der Waals surface area contributed by atoms with Gasteiger partial charge in [0.25, 0.3) is 5.91 Å². The molecule has 2 heterocycles. The summed E-state index contributed by atoms with van der Waals surface area (Å²) in [4.78, 5) is 29.0. The summed E-state index contributed by atoms with van der Waals surface area (Å²) in [6.45, 7) is 0. The molecule has 0 saturated carbocycles. The molecule has 0 radical (unpaired) electrons. The van der Waals surface area contributed by atoms with E-state index in [4.69, 9.17) is 0 Å². The number of amides is 1. The molecule has 136 valence electrons. The van der Waals surface area contributed by atoms with Gasteiger partial charge in [-0.15, -0.1) is 11.3 Å². The predicted octanol–water partition coefficient (Wildman–Crippen LogP) is 5.07. The lowest BCUT2D eigenvalue weighted by atomic mass is 10.1. The molecule has 2 aromatic carbocycles. The third kappa shape index (κ3) is 3.59. The molecular weight excluding hydrogens is 450 g/mol. The lowest BCUT2D eigenvalue weighted by Gasteiger charge is -2.07. The van der Waals surface area contributed by atoms with Gasteiger partial charge in [0, 0.05) is 20.3 Å². The minimum atomic E-state index is -1.08. The van der Waals surface area contributed by atoms with E-state index in [9.17, 15) is 14.7 Å². The molecule has 1 amide bonds. The zero-order valence-corrected chi connectivity index (χ0v) is 16.8. The average Bonchev–Trinajstić information content (AvgIpc) is 3.28. The Morgan fingerprint density at radius 2 is 1.89 bits per heavy atom. The molecule has 0 saturated heterocycles. The van der Waals surface area contributed by atoms with Crippen LogP contribution in [0, 0.1) is 0 Å². The van der Waals surface area contributed by atoms with Crippen molar-refractivity contribution < 1.29 is 14.7 Å². The Labute approximate surface area is 171 Å². The highest BCUT2D eigenvalue weighted by atomic mass is 79.9. The molecular formula is C18H12BrN3O3S2. The largest absolute Gasteiger partial charge is 0.478 e. The second-order valence-electron chi connectivity index (χ2n) is 5.66. The average molecular weight is 462 g/mol. The van der Waals surface area contributed by atoms with Gasteiger partial charge in [0.1, 0.15) is 5.56 Å². The molecule has 1 aromatic heterocycles. The van der Waals surface area contributed by atoms with Crippen molar-refractivity contribution in [2.75, 3.05) is 10.7 Å². The summed E-state index contributed by atoms with van der Waals surface area (Å²) in [6, 6.07) is 12.6. The van der Waals surface area contributed by atoms with Gasteiger partial charge >= 0.3 is 5.97 Å². The Morgan fingerprint density at radius 3 is 2.63 bits per heavy atom. The first-order valence-electron chi connectivity index (χ1n) is 7.77. The molecule has 1 aliphatic heterocycles. The second kappa shape index (κ2) is 7.35. The summed E-state index contributed by atoms with van der Waals surface area (Å²) in [5.74, 6) is -1.44. The van der Waals surface area contributed by atoms with Crippen molar-refractivity contribution in [1.29, 1.82) is 0 Å². The minimum absolute atomic E-state index is 0.0900. The Hall–Kier alpha value is -2.33. The number of hydrazine groups is 1. The van der Waals surface area contributed by atoms with Crippen LogP contribution in [0.5, 0.6) is 0 Å². The zero-order valence-electron chi connectivity index (χ0n) is 13.6. The van der Waals surface area contributed by atoms with Crippen LogP contribution in [0.3, 0.4) is 0 Å². The van der Waals surface area contributed by atoms with Crippen LogP contribution in [-0.2, 0) is 0 Å². The number of carboxylic acid groups (broad SMARTS) is 1. The summed E-state index contributed by atoms with van der Waals surface area (Å²) >= 11 is 6.08. The number of hydrogen-bond donors (Lipinski definition) is 4. The maximum Gasteiger partial charge on any atom is 0.339 e. The molecule has 0 atom stereocenters. The van der Waals surface area contributed by atoms with E-state index in [1.165, 1.54) is 23.3 Å². The molecule has 9 heteroatoms. The number of benzene rings is 2. The van der Waals surface area contributed by atoms with Crippen molar-refractivity contribution in [3.63, 3.8) is 0 Å². The highest BCUT2D eigenvalue weighted by Crippen LogP contribution is 2.37. The molecule has 4 rings (SSSR count). The van der Waals surface area contributed by atoms with Crippen LogP contribution in [-0.4, -0.2) is 17.0 Å². The number of halogens is 1. The standard InChI is InChI=1S/C18H12BrN3O3S2/c19-11-4-1-9(2-5-11)16-15(18(24)25)13(8-26-16)20-17(23)10-3-6-14-12(7-10)21-22-27-14/h1-8,21-22H,(H,20,23)(H,24,25). The Bertz CT molecular complexity index is 1050. The fourth-order valence-electron chi connectivity index (χ4n) is 2.66. The molecule has 0 aliphatic carbocycles. The number of carbonyl (C=O) groups excluding carboxylic acids is 1. The monoisotopic (exact) mass is 461 g/mol. The zero-order chi connectivity index (χ0) is 19.0. The number of fused-ring (bicyclic) bond motifs is 1. The molecule has 3 aromatic rings. The topological polar surface area (TPSA) is 90.5 Å². The molecule has 1 aliphatic rings. The van der Waals surface area contributed by atoms with Crippen molar-refractivity contribution in [2.24, 2.45) is 0 Å². The van der Waals surface area contributed by atoms with Crippen LogP contribution in [0.4, 0.5) is 11.4 Å². The number of anilines is 2. The van der Waals surface area contributed by atoms with Gasteiger partial charge in [-0.05, 0) is 47.8 Å². The maximum absolute atomic E-state index is 12.6. The maximum atomic E-state index is 12.6. The third-order valence-corrected chi connectivity index (χ3v) is 6.29. The highest BCUT2D eigenvalue weighted by molar-refractivity contribution is 9.10. The van der Waals surface area contributed by atoms with Crippen molar-refractivity contribution in [1.82, 2.24) is 4.83 Å². The normalized spacial score (nSPS) is 12.3. The molecule has 4 N–H and O–H groups in total. The van der Waals surface area contributed by atoms with Crippen LogP contribution < -0.4 is 15.6 Å². The smallest absolute Gasteiger partial charge is 0.339 e. The number of hydrogen-bond acceptors (Lipinski definition) is 6. The molecule has 27 heavy (non-hydrogen) atoms. The Morgan fingerprint density at radius 1 is 1.11 bits per heavy atom. The summed E-state index contributed by atoms with van der Waals surface area (Å²) in [7, 11) is 0. The quantitative estimate of drug-likeness (QED) is 0.405. The number of aromatic carboxylic acids is 1. The van der Waals surface area contributed by atoms with Gasteiger partial charge in [-0.25, -0.2) is 4.79 Å². The Balaban J connectivity index is 1.65. The van der Waals surface area contributed by atoms with E-state index >= 15 is 0 Å². The first-order chi connectivity index (χ1) is 13.0. The number of carbonyl (C=O) groups is 2. The number of rotatable bonds is 4. The summed E-state index contributed by atoms with van der Waals surface area (Å²) in [5.41, 5.74) is 5.37. The van der Waals surface area contributed by atoms with Gasteiger partial charge < -0.3 is 15.8 Å². The summed E-state index contributed by atoms with van der Waals surface area (Å²) in [6.07, 6.45) is 0. The van der Waals surface area contributed by atoms with Crippen LogP contribution >= 0.6 is 39.2 Å². The van der Waals surface area contributed by atoms with Gasteiger partial charge in [0.15, 0.2) is 0 Å². The first kappa shape index (κ1) is 18.1. The van der Waals surface area contributed by atoms with E-state index in [0.717, 1.165) is 20.6 Å². The number of nitrogens with one attached hydrogen (secondary N) is 3. The van der Waals surface area contributed by atoms with Gasteiger partial charge in [0.2, 0.25) is 0 Å². The van der Waals surface area contributed by atoms with Crippen molar-refractivity contribution >= 4 is 62.5 Å². The summed E-state index contributed by atoms with van der Waals surface area (Å²) < 4.78 is 0.908. The van der Waals surface area contributed by atoms with E-state index < -0.39 is 5.97 Å². The lowest BCUT2D eigenvalue weighted by molar-refractivity contribution is 0.0699. The van der Waals surface area contributed by atoms with Gasteiger partial charge in [-0.3, -0.25) is 4.79 Å². The van der Waals surface area contributed by atoms with E-state index in [0.29, 0.717) is 10.4 Å². The first-order valence-corrected chi connectivity index (χ1v) is 10.3. The third-order valence-electron chi connectivity index (χ3n) is 3.95. The number of carboxylic acids is 1. The molecule has 0 fully saturated rings. The predicted molar refractivity (Wildman–Crippen MR) is 111 cm³/mol. The Kier molecular flexibility index (Phi) is 4.92. The van der Waals surface area contributed by atoms with Crippen LogP contribution in [0.1, 0.15) is 20.7 Å². The molecule has 6 nitrogen and oxygen atoms in total. The second-order valence-corrected chi connectivity index (χ2v) is 8.30. The molecule has 0 spiro atoms. The van der Waals surface area contributed by atoms with Gasteiger partial charge in [-0.1, -0.05) is 28.1 Å². The van der Waals surface area contributed by atoms with E-state index in [1.54, 1.807) is 17.5 Å². The van der Waals surface area contributed by atoms with E-state index in [1.807, 2.05) is 30.3 Å². The van der Waals surface area contributed by atoms with Crippen LogP contribution in [0.25, 0.3) is 10.4 Å². The van der Waals surface area contributed by atoms with Gasteiger partial charge in [0.05, 0.1) is 16.3 Å². The van der Waals surface area contributed by atoms with E-state index in [2.05, 4.69) is 31.5 Å². The molecule has 0 bridgehead atoms. The fraction of sp³-hybridized carbons (Fsp3) is 0. The minimum Gasteiger partial charge on any atom is -0.478 e. The van der Waals surface area contributed by atoms with Crippen LogP contribution in [0.15, 0.2) is 57.2 Å². The van der Waals surface area contributed by atoms with Crippen molar-refractivity contribution in [2.45, 2.75) is 4.90 Å². The SMILES string of the molecule is O=C(Nc1csc(-c2ccc(Br)cc2)c1C(=O)O)c1ccc2c(c1)NNS2. The lowest BCUT2D eigenvalue weighted by Crippen LogP contribution is -2.14. The number of thiophene rings is 1. The fourth-order valence-corrected chi connectivity index (χ4v) is 4.55. The van der Waals surface area contributed by atoms with Crippen LogP contribution in [0.2, 0.25) is 0 Å². The highest BCUT2D eigenvalue weighted by Gasteiger charge is 2.22. The van der Waals surface area contributed by atoms with Crippen molar-refractivity contribution in [3.8, 4) is 10.4 Å². The molecule has 0 unspecified atom stereocenters. The van der Waals surface area contributed by atoms with Gasteiger partial charge in [-0.2, -0.15) is 4.83 Å². The van der Waals surface area contributed by atoms with E-state index in [-0.39, 0.29) is 17.2 Å².